The highest BCUT2D eigenvalue weighted by Crippen LogP contribution is 2.42. The zero-order chi connectivity index (χ0) is 12.6. The molecule has 0 radical (unpaired) electrons. The van der Waals surface area contributed by atoms with E-state index in [4.69, 9.17) is 0 Å². The van der Waals surface area contributed by atoms with E-state index in [2.05, 4.69) is 35.1 Å². The number of aromatic amines is 1. The van der Waals surface area contributed by atoms with Gasteiger partial charge >= 0.3 is 0 Å². The van der Waals surface area contributed by atoms with Crippen molar-refractivity contribution in [1.82, 2.24) is 4.98 Å². The van der Waals surface area contributed by atoms with Crippen molar-refractivity contribution in [2.45, 2.75) is 38.1 Å². The highest BCUT2D eigenvalue weighted by molar-refractivity contribution is 5.83. The van der Waals surface area contributed by atoms with Crippen molar-refractivity contribution in [2.24, 2.45) is 4.99 Å². The van der Waals surface area contributed by atoms with Crippen molar-refractivity contribution in [3.8, 4) is 0 Å². The average Bonchev–Trinajstić information content (AvgIpc) is 2.98. The lowest BCUT2D eigenvalue weighted by molar-refractivity contribution is 0.456. The van der Waals surface area contributed by atoms with Crippen molar-refractivity contribution in [3.05, 3.63) is 35.5 Å². The third kappa shape index (κ3) is 1.59. The summed E-state index contributed by atoms with van der Waals surface area (Å²) in [5.74, 6) is 0. The number of isocyanates is 1. The van der Waals surface area contributed by atoms with Crippen LogP contribution in [0.5, 0.6) is 0 Å². The van der Waals surface area contributed by atoms with E-state index in [1.165, 1.54) is 10.9 Å². The molecular weight excluding hydrogens is 224 g/mol. The molecule has 18 heavy (non-hydrogen) atoms. The molecule has 1 saturated carbocycles. The van der Waals surface area contributed by atoms with Crippen LogP contribution in [0.3, 0.4) is 0 Å². The first-order valence-corrected chi connectivity index (χ1v) is 6.42. The Balaban J connectivity index is 2.17. The Hall–Kier alpha value is -1.86. The minimum atomic E-state index is -0.320. The molecular formula is C15H16N2O. The number of carbonyl (C=O) groups excluding carboxylic acids is 1. The SMILES string of the molecule is Cc1c[nH]c2ccc(C3(N=C=O)CCCC3)cc12. The summed E-state index contributed by atoms with van der Waals surface area (Å²) in [6, 6.07) is 6.34. The van der Waals surface area contributed by atoms with Crippen LogP contribution in [-0.2, 0) is 10.3 Å². The van der Waals surface area contributed by atoms with E-state index >= 15 is 0 Å². The number of hydrogen-bond donors (Lipinski definition) is 1. The van der Waals surface area contributed by atoms with Gasteiger partial charge in [0.15, 0.2) is 0 Å². The monoisotopic (exact) mass is 240 g/mol. The van der Waals surface area contributed by atoms with Crippen molar-refractivity contribution in [3.63, 3.8) is 0 Å². The summed E-state index contributed by atoms with van der Waals surface area (Å²) in [6.45, 7) is 2.09. The number of nitrogens with zero attached hydrogens (tertiary/aromatic N) is 1. The molecule has 1 aliphatic carbocycles. The molecule has 1 aromatic heterocycles. The molecule has 0 bridgehead atoms. The van der Waals surface area contributed by atoms with Crippen LogP contribution in [0.2, 0.25) is 0 Å². The van der Waals surface area contributed by atoms with E-state index in [1.54, 1.807) is 6.08 Å². The number of hydrogen-bond acceptors (Lipinski definition) is 2. The fourth-order valence-electron chi connectivity index (χ4n) is 3.06. The molecule has 1 aliphatic rings. The second kappa shape index (κ2) is 4.11. The van der Waals surface area contributed by atoms with Crippen LogP contribution in [-0.4, -0.2) is 11.1 Å². The second-order valence-electron chi connectivity index (χ2n) is 5.17. The highest BCUT2D eigenvalue weighted by Gasteiger charge is 2.35. The molecule has 0 unspecified atom stereocenters. The van der Waals surface area contributed by atoms with E-state index in [1.807, 2.05) is 6.20 Å². The topological polar surface area (TPSA) is 45.2 Å². The molecule has 0 saturated heterocycles. The third-order valence-corrected chi connectivity index (χ3v) is 4.12. The van der Waals surface area contributed by atoms with E-state index in [0.29, 0.717) is 0 Å². The molecule has 0 amide bonds. The van der Waals surface area contributed by atoms with Gasteiger partial charge in [0.05, 0.1) is 5.54 Å². The highest BCUT2D eigenvalue weighted by atomic mass is 16.1. The standard InChI is InChI=1S/C15H16N2O/c1-11-9-16-14-5-4-12(8-13(11)14)15(17-10-18)6-2-3-7-15/h4-5,8-9,16H,2-3,6-7H2,1H3. The molecule has 1 aromatic carbocycles. The number of benzene rings is 1. The molecule has 0 spiro atoms. The molecule has 3 heteroatoms. The zero-order valence-corrected chi connectivity index (χ0v) is 10.5. The van der Waals surface area contributed by atoms with Gasteiger partial charge in [-0.3, -0.25) is 0 Å². The summed E-state index contributed by atoms with van der Waals surface area (Å²) in [7, 11) is 0. The number of fused-ring (bicyclic) bond motifs is 1. The molecule has 1 fully saturated rings. The van der Waals surface area contributed by atoms with Crippen LogP contribution >= 0.6 is 0 Å². The van der Waals surface area contributed by atoms with Crippen molar-refractivity contribution < 1.29 is 4.79 Å². The number of aliphatic imine (C=N–C) groups is 1. The van der Waals surface area contributed by atoms with E-state index < -0.39 is 0 Å². The predicted octanol–water partition coefficient (Wildman–Crippen LogP) is 3.58. The first kappa shape index (κ1) is 11.2. The Morgan fingerprint density at radius 2 is 2.11 bits per heavy atom. The number of nitrogens with one attached hydrogen (secondary N) is 1. The quantitative estimate of drug-likeness (QED) is 0.633. The van der Waals surface area contributed by atoms with Gasteiger partial charge in [0.1, 0.15) is 0 Å². The van der Waals surface area contributed by atoms with Gasteiger partial charge in [0, 0.05) is 17.1 Å². The second-order valence-corrected chi connectivity index (χ2v) is 5.17. The smallest absolute Gasteiger partial charge is 0.235 e. The first-order chi connectivity index (χ1) is 8.75. The van der Waals surface area contributed by atoms with Crippen molar-refractivity contribution in [1.29, 1.82) is 0 Å². The Morgan fingerprint density at radius 1 is 1.33 bits per heavy atom. The lowest BCUT2D eigenvalue weighted by atomic mass is 9.88. The summed E-state index contributed by atoms with van der Waals surface area (Å²) in [6.07, 6.45) is 7.96. The van der Waals surface area contributed by atoms with Crippen molar-refractivity contribution >= 4 is 17.0 Å². The Bertz CT molecular complexity index is 629. The fraction of sp³-hybridized carbons (Fsp3) is 0.400. The van der Waals surface area contributed by atoms with Crippen LogP contribution in [0.25, 0.3) is 10.9 Å². The Morgan fingerprint density at radius 3 is 2.83 bits per heavy atom. The Labute approximate surface area is 106 Å². The van der Waals surface area contributed by atoms with E-state index in [-0.39, 0.29) is 5.54 Å². The van der Waals surface area contributed by atoms with Crippen LogP contribution < -0.4 is 0 Å². The summed E-state index contributed by atoms with van der Waals surface area (Å²) < 4.78 is 0. The maximum absolute atomic E-state index is 10.7. The van der Waals surface area contributed by atoms with Gasteiger partial charge < -0.3 is 4.98 Å². The third-order valence-electron chi connectivity index (χ3n) is 4.12. The van der Waals surface area contributed by atoms with Gasteiger partial charge in [-0.2, -0.15) is 4.99 Å². The molecule has 0 atom stereocenters. The number of aryl methyl sites for hydroxylation is 1. The zero-order valence-electron chi connectivity index (χ0n) is 10.5. The Kier molecular flexibility index (Phi) is 2.57. The first-order valence-electron chi connectivity index (χ1n) is 6.42. The largest absolute Gasteiger partial charge is 0.361 e. The van der Waals surface area contributed by atoms with Gasteiger partial charge in [0.2, 0.25) is 6.08 Å². The number of H-pyrrole nitrogens is 1. The number of aromatic nitrogens is 1. The maximum atomic E-state index is 10.7. The van der Waals surface area contributed by atoms with Gasteiger partial charge in [-0.1, -0.05) is 18.9 Å². The van der Waals surface area contributed by atoms with E-state index in [0.717, 1.165) is 36.8 Å². The summed E-state index contributed by atoms with van der Waals surface area (Å²) >= 11 is 0. The summed E-state index contributed by atoms with van der Waals surface area (Å²) in [5, 5.41) is 1.22. The number of rotatable bonds is 2. The van der Waals surface area contributed by atoms with Gasteiger partial charge in [-0.15, -0.1) is 0 Å². The molecule has 1 heterocycles. The molecule has 2 aromatic rings. The molecule has 92 valence electrons. The normalized spacial score (nSPS) is 17.8. The van der Waals surface area contributed by atoms with Crippen LogP contribution in [0.15, 0.2) is 29.4 Å². The summed E-state index contributed by atoms with van der Waals surface area (Å²) in [4.78, 5) is 18.1. The van der Waals surface area contributed by atoms with Crippen molar-refractivity contribution in [2.75, 3.05) is 0 Å². The minimum absolute atomic E-state index is 0.320. The predicted molar refractivity (Wildman–Crippen MR) is 71.3 cm³/mol. The molecule has 3 nitrogen and oxygen atoms in total. The lowest BCUT2D eigenvalue weighted by Gasteiger charge is -2.22. The van der Waals surface area contributed by atoms with Crippen LogP contribution in [0.1, 0.15) is 36.8 Å². The van der Waals surface area contributed by atoms with Gasteiger partial charge in [-0.05, 0) is 43.0 Å². The fourth-order valence-corrected chi connectivity index (χ4v) is 3.06. The van der Waals surface area contributed by atoms with Gasteiger partial charge in [-0.25, -0.2) is 4.79 Å². The minimum Gasteiger partial charge on any atom is -0.361 e. The maximum Gasteiger partial charge on any atom is 0.235 e. The van der Waals surface area contributed by atoms with Gasteiger partial charge in [0.25, 0.3) is 0 Å². The van der Waals surface area contributed by atoms with E-state index in [9.17, 15) is 4.79 Å². The average molecular weight is 240 g/mol. The lowest BCUT2D eigenvalue weighted by Crippen LogP contribution is -2.18. The van der Waals surface area contributed by atoms with Crippen LogP contribution in [0, 0.1) is 6.92 Å². The molecule has 0 aliphatic heterocycles. The summed E-state index contributed by atoms with van der Waals surface area (Å²) in [5.41, 5.74) is 3.20. The molecule has 1 N–H and O–H groups in total. The van der Waals surface area contributed by atoms with Crippen LogP contribution in [0.4, 0.5) is 0 Å². The molecule has 3 rings (SSSR count).